The second-order valence-electron chi connectivity index (χ2n) is 4.13. The number of nitrogen functional groups attached to an aromatic ring is 1. The number of nitrogens with zero attached hydrogens (tertiary/aromatic N) is 2. The molecule has 7 heteroatoms. The van der Waals surface area contributed by atoms with E-state index in [9.17, 15) is 9.59 Å². The van der Waals surface area contributed by atoms with E-state index < -0.39 is 12.0 Å². The summed E-state index contributed by atoms with van der Waals surface area (Å²) in [5.74, 6) is -0.252. The molecule has 0 aliphatic carbocycles. The number of hydrogen-bond acceptors (Lipinski definition) is 6. The Morgan fingerprint density at radius 3 is 2.90 bits per heavy atom. The minimum atomic E-state index is -0.632. The number of esters is 1. The summed E-state index contributed by atoms with van der Waals surface area (Å²) in [6.45, 7) is 1.83. The molecule has 106 valence electrons. The number of thiophene rings is 1. The third-order valence-corrected chi connectivity index (χ3v) is 3.89. The molecule has 2 rings (SSSR count). The number of aldehydes is 1. The Morgan fingerprint density at radius 1 is 1.65 bits per heavy atom. The number of carbonyl (C=O) groups excluding carboxylic acids is 2. The van der Waals surface area contributed by atoms with Crippen molar-refractivity contribution in [3.05, 3.63) is 23.1 Å². The predicted molar refractivity (Wildman–Crippen MR) is 76.7 cm³/mol. The standard InChI is InChI=1S/C13H15N3O3S/c1-3-9(13(18)19-2)16-12(14)8(7-17)11(15-16)10-5-4-6-20-10/h4-7,9H,3,14H2,1-2H3. The quantitative estimate of drug-likeness (QED) is 0.674. The van der Waals surface area contributed by atoms with Crippen molar-refractivity contribution in [1.29, 1.82) is 0 Å². The first-order valence-corrected chi connectivity index (χ1v) is 6.96. The van der Waals surface area contributed by atoms with Gasteiger partial charge in [0.2, 0.25) is 0 Å². The van der Waals surface area contributed by atoms with Crippen LogP contribution in [0.4, 0.5) is 5.82 Å². The first-order chi connectivity index (χ1) is 9.63. The molecule has 0 aromatic carbocycles. The minimum absolute atomic E-state index is 0.181. The van der Waals surface area contributed by atoms with Crippen LogP contribution in [-0.2, 0) is 9.53 Å². The molecule has 0 spiro atoms. The van der Waals surface area contributed by atoms with Crippen LogP contribution in [0.15, 0.2) is 17.5 Å². The molecule has 0 fully saturated rings. The SMILES string of the molecule is CCC(C(=O)OC)n1nc(-c2cccs2)c(C=O)c1N. The van der Waals surface area contributed by atoms with Crippen LogP contribution in [0.3, 0.4) is 0 Å². The molecule has 0 aliphatic heterocycles. The van der Waals surface area contributed by atoms with Gasteiger partial charge in [-0.25, -0.2) is 9.48 Å². The number of ether oxygens (including phenoxy) is 1. The lowest BCUT2D eigenvalue weighted by atomic mass is 10.2. The van der Waals surface area contributed by atoms with E-state index in [0.717, 1.165) is 4.88 Å². The Morgan fingerprint density at radius 2 is 2.40 bits per heavy atom. The Labute approximate surface area is 120 Å². The van der Waals surface area contributed by atoms with Gasteiger partial charge < -0.3 is 10.5 Å². The predicted octanol–water partition coefficient (Wildman–Crippen LogP) is 2.13. The minimum Gasteiger partial charge on any atom is -0.467 e. The molecule has 2 N–H and O–H groups in total. The highest BCUT2D eigenvalue weighted by molar-refractivity contribution is 7.13. The monoisotopic (exact) mass is 293 g/mol. The van der Waals surface area contributed by atoms with Crippen molar-refractivity contribution in [2.45, 2.75) is 19.4 Å². The van der Waals surface area contributed by atoms with Gasteiger partial charge in [-0.2, -0.15) is 5.10 Å². The van der Waals surface area contributed by atoms with Gasteiger partial charge in [-0.1, -0.05) is 13.0 Å². The smallest absolute Gasteiger partial charge is 0.330 e. The van der Waals surface area contributed by atoms with Crippen LogP contribution in [0.1, 0.15) is 29.7 Å². The normalized spacial score (nSPS) is 12.1. The molecule has 0 saturated heterocycles. The molecule has 6 nitrogen and oxygen atoms in total. The van der Waals surface area contributed by atoms with Crippen molar-refractivity contribution < 1.29 is 14.3 Å². The average Bonchev–Trinajstić information content (AvgIpc) is 3.08. The van der Waals surface area contributed by atoms with Gasteiger partial charge in [0.25, 0.3) is 0 Å². The van der Waals surface area contributed by atoms with Crippen LogP contribution in [-0.4, -0.2) is 29.1 Å². The van der Waals surface area contributed by atoms with Crippen LogP contribution in [0.5, 0.6) is 0 Å². The van der Waals surface area contributed by atoms with Crippen molar-refractivity contribution in [3.63, 3.8) is 0 Å². The van der Waals surface area contributed by atoms with E-state index in [-0.39, 0.29) is 5.82 Å². The molecule has 0 radical (unpaired) electrons. The zero-order valence-electron chi connectivity index (χ0n) is 11.2. The van der Waals surface area contributed by atoms with Crippen molar-refractivity contribution in [3.8, 4) is 10.6 Å². The van der Waals surface area contributed by atoms with Gasteiger partial charge in [0.15, 0.2) is 12.3 Å². The van der Waals surface area contributed by atoms with Crippen LogP contribution in [0.2, 0.25) is 0 Å². The maximum Gasteiger partial charge on any atom is 0.330 e. The third kappa shape index (κ3) is 2.32. The fourth-order valence-electron chi connectivity index (χ4n) is 1.98. The fraction of sp³-hybridized carbons (Fsp3) is 0.308. The number of carbonyl (C=O) groups is 2. The average molecular weight is 293 g/mol. The molecular formula is C13H15N3O3S. The van der Waals surface area contributed by atoms with Gasteiger partial charge in [-0.15, -0.1) is 11.3 Å². The molecule has 0 aliphatic rings. The summed E-state index contributed by atoms with van der Waals surface area (Å²) < 4.78 is 6.11. The first kappa shape index (κ1) is 14.3. The van der Waals surface area contributed by atoms with Gasteiger partial charge in [-0.3, -0.25) is 4.79 Å². The van der Waals surface area contributed by atoms with E-state index in [1.165, 1.54) is 23.1 Å². The Bertz CT molecular complexity index is 619. The highest BCUT2D eigenvalue weighted by atomic mass is 32.1. The van der Waals surface area contributed by atoms with Gasteiger partial charge >= 0.3 is 5.97 Å². The molecule has 0 saturated carbocycles. The summed E-state index contributed by atoms with van der Waals surface area (Å²) in [7, 11) is 1.31. The summed E-state index contributed by atoms with van der Waals surface area (Å²) in [5.41, 5.74) is 6.75. The van der Waals surface area contributed by atoms with Crippen LogP contribution in [0, 0.1) is 0 Å². The number of aromatic nitrogens is 2. The van der Waals surface area contributed by atoms with Crippen molar-refractivity contribution in [1.82, 2.24) is 9.78 Å². The number of rotatable bonds is 5. The largest absolute Gasteiger partial charge is 0.467 e. The number of methoxy groups -OCH3 is 1. The second-order valence-corrected chi connectivity index (χ2v) is 5.08. The van der Waals surface area contributed by atoms with Crippen LogP contribution < -0.4 is 5.73 Å². The summed E-state index contributed by atoms with van der Waals surface area (Å²) >= 11 is 1.45. The number of nitrogens with two attached hydrogens (primary N) is 1. The van der Waals surface area contributed by atoms with E-state index in [1.807, 2.05) is 24.4 Å². The zero-order chi connectivity index (χ0) is 14.7. The van der Waals surface area contributed by atoms with Crippen LogP contribution in [0.25, 0.3) is 10.6 Å². The summed E-state index contributed by atoms with van der Waals surface area (Å²) in [6, 6.07) is 3.08. The van der Waals surface area contributed by atoms with Gasteiger partial charge in [0.05, 0.1) is 17.6 Å². The van der Waals surface area contributed by atoms with Gasteiger partial charge in [-0.05, 0) is 17.9 Å². The molecule has 1 unspecified atom stereocenters. The van der Waals surface area contributed by atoms with Crippen molar-refractivity contribution >= 4 is 29.4 Å². The third-order valence-electron chi connectivity index (χ3n) is 3.01. The maximum atomic E-state index is 11.8. The van der Waals surface area contributed by atoms with Crippen LogP contribution >= 0.6 is 11.3 Å². The van der Waals surface area contributed by atoms with Crippen molar-refractivity contribution in [2.75, 3.05) is 12.8 Å². The summed E-state index contributed by atoms with van der Waals surface area (Å²) in [5, 5.41) is 6.22. The lowest BCUT2D eigenvalue weighted by Crippen LogP contribution is -2.22. The Balaban J connectivity index is 2.56. The highest BCUT2D eigenvalue weighted by Crippen LogP contribution is 2.31. The van der Waals surface area contributed by atoms with E-state index in [4.69, 9.17) is 10.5 Å². The zero-order valence-corrected chi connectivity index (χ0v) is 12.0. The molecule has 0 amide bonds. The Hall–Kier alpha value is -2.15. The van der Waals surface area contributed by atoms with Gasteiger partial charge in [0, 0.05) is 0 Å². The maximum absolute atomic E-state index is 11.8. The molecule has 2 aromatic rings. The number of hydrogen-bond donors (Lipinski definition) is 1. The lowest BCUT2D eigenvalue weighted by Gasteiger charge is -2.14. The van der Waals surface area contributed by atoms with Crippen molar-refractivity contribution in [2.24, 2.45) is 0 Å². The molecule has 2 heterocycles. The topological polar surface area (TPSA) is 87.2 Å². The number of anilines is 1. The molecule has 2 aromatic heterocycles. The fourth-order valence-corrected chi connectivity index (χ4v) is 2.71. The van der Waals surface area contributed by atoms with E-state index in [1.54, 1.807) is 0 Å². The molecule has 20 heavy (non-hydrogen) atoms. The highest BCUT2D eigenvalue weighted by Gasteiger charge is 2.26. The van der Waals surface area contributed by atoms with Gasteiger partial charge in [0.1, 0.15) is 11.5 Å². The summed E-state index contributed by atoms with van der Waals surface area (Å²) in [4.78, 5) is 23.9. The van der Waals surface area contributed by atoms with E-state index in [0.29, 0.717) is 24.0 Å². The molecule has 1 atom stereocenters. The Kier molecular flexibility index (Phi) is 4.19. The second kappa shape index (κ2) is 5.87. The molecular weight excluding hydrogens is 278 g/mol. The lowest BCUT2D eigenvalue weighted by molar-refractivity contribution is -0.144. The van der Waals surface area contributed by atoms with E-state index in [2.05, 4.69) is 5.10 Å². The molecule has 0 bridgehead atoms. The van der Waals surface area contributed by atoms with E-state index >= 15 is 0 Å². The summed E-state index contributed by atoms with van der Waals surface area (Å²) in [6.07, 6.45) is 1.14. The first-order valence-electron chi connectivity index (χ1n) is 6.08.